The summed E-state index contributed by atoms with van der Waals surface area (Å²) in [6.07, 6.45) is 1.61. The predicted octanol–water partition coefficient (Wildman–Crippen LogP) is 3.95. The van der Waals surface area contributed by atoms with Gasteiger partial charge in [0.1, 0.15) is 5.76 Å². The van der Waals surface area contributed by atoms with Gasteiger partial charge in [-0.15, -0.1) is 0 Å². The van der Waals surface area contributed by atoms with Gasteiger partial charge in [-0.05, 0) is 73.5 Å². The second kappa shape index (κ2) is 10.2. The number of methoxy groups -OCH3 is 1. The molecule has 35 heavy (non-hydrogen) atoms. The number of carbonyl (C=O) groups excluding carboxylic acids is 1. The predicted molar refractivity (Wildman–Crippen MR) is 136 cm³/mol. The van der Waals surface area contributed by atoms with Gasteiger partial charge >= 0.3 is 5.97 Å². The van der Waals surface area contributed by atoms with Crippen LogP contribution in [-0.4, -0.2) is 30.4 Å². The molecule has 4 rings (SSSR count). The van der Waals surface area contributed by atoms with E-state index in [2.05, 4.69) is 20.9 Å². The monoisotopic (exact) mass is 560 g/mol. The number of allylic oxidation sites excluding steroid dienone is 1. The van der Waals surface area contributed by atoms with Crippen LogP contribution < -0.4 is 24.4 Å². The Morgan fingerprint density at radius 3 is 2.69 bits per heavy atom. The Morgan fingerprint density at radius 1 is 1.29 bits per heavy atom. The summed E-state index contributed by atoms with van der Waals surface area (Å²) in [5.41, 5.74) is 1.17. The quantitative estimate of drug-likeness (QED) is 0.406. The van der Waals surface area contributed by atoms with E-state index >= 15 is 0 Å². The van der Waals surface area contributed by atoms with Gasteiger partial charge in [0.2, 0.25) is 0 Å². The van der Waals surface area contributed by atoms with E-state index in [0.717, 1.165) is 0 Å². The molecule has 1 aliphatic heterocycles. The van der Waals surface area contributed by atoms with E-state index in [-0.39, 0.29) is 18.3 Å². The van der Waals surface area contributed by atoms with Crippen LogP contribution in [0, 0.1) is 0 Å². The van der Waals surface area contributed by atoms with E-state index in [4.69, 9.17) is 18.6 Å². The molecule has 0 aliphatic carbocycles. The fraction of sp³-hybridized carbons (Fsp3) is 0.320. The Balaban J connectivity index is 1.94. The van der Waals surface area contributed by atoms with E-state index in [1.54, 1.807) is 51.3 Å². The maximum absolute atomic E-state index is 13.6. The summed E-state index contributed by atoms with van der Waals surface area (Å²) in [4.78, 5) is 31.7. The Kier molecular flexibility index (Phi) is 7.32. The lowest BCUT2D eigenvalue weighted by atomic mass is 9.95. The number of benzene rings is 1. The van der Waals surface area contributed by atoms with Gasteiger partial charge in [0, 0.05) is 6.08 Å². The molecular weight excluding hydrogens is 536 g/mol. The standard InChI is InChI=1S/C25H25BrN2O6S/c1-6-32-24(30)21-14(4)27-25-28(23(29)19(35-25)12-16-8-10-20(26)34-16)22(21)15-7-9-17(33-13(2)3)18(11-15)31-5/h7-13,22H,6H2,1-5H3/b19-12-/t22-/m0/s1. The molecule has 0 saturated heterocycles. The first kappa shape index (κ1) is 25.0. The number of ether oxygens (including phenoxy) is 3. The normalized spacial score (nSPS) is 15.7. The van der Waals surface area contributed by atoms with Crippen LogP contribution in [-0.2, 0) is 9.53 Å². The van der Waals surface area contributed by atoms with Crippen molar-refractivity contribution in [2.75, 3.05) is 13.7 Å². The first-order valence-corrected chi connectivity index (χ1v) is 12.6. The number of hydrogen-bond donors (Lipinski definition) is 0. The topological polar surface area (TPSA) is 92.3 Å². The van der Waals surface area contributed by atoms with E-state index < -0.39 is 12.0 Å². The van der Waals surface area contributed by atoms with Gasteiger partial charge in [-0.1, -0.05) is 17.4 Å². The van der Waals surface area contributed by atoms with Crippen molar-refractivity contribution in [1.82, 2.24) is 4.57 Å². The molecule has 0 spiro atoms. The highest BCUT2D eigenvalue weighted by molar-refractivity contribution is 9.10. The molecule has 0 saturated carbocycles. The lowest BCUT2D eigenvalue weighted by Crippen LogP contribution is -2.40. The number of rotatable bonds is 7. The number of esters is 1. The van der Waals surface area contributed by atoms with Gasteiger partial charge < -0.3 is 18.6 Å². The molecule has 8 nitrogen and oxygen atoms in total. The average molecular weight is 561 g/mol. The number of carbonyl (C=O) groups is 1. The Morgan fingerprint density at radius 2 is 2.06 bits per heavy atom. The number of halogens is 1. The van der Waals surface area contributed by atoms with Crippen molar-refractivity contribution < 1.29 is 23.4 Å². The minimum absolute atomic E-state index is 0.0497. The molecule has 1 aromatic carbocycles. The van der Waals surface area contributed by atoms with Crippen LogP contribution in [0.5, 0.6) is 11.5 Å². The van der Waals surface area contributed by atoms with Crippen molar-refractivity contribution in [2.45, 2.75) is 39.8 Å². The van der Waals surface area contributed by atoms with Crippen molar-refractivity contribution in [2.24, 2.45) is 4.99 Å². The molecule has 0 fully saturated rings. The number of nitrogens with zero attached hydrogens (tertiary/aromatic N) is 2. The highest BCUT2D eigenvalue weighted by atomic mass is 79.9. The summed E-state index contributed by atoms with van der Waals surface area (Å²) >= 11 is 4.50. The highest BCUT2D eigenvalue weighted by Gasteiger charge is 2.34. The number of thiazole rings is 1. The molecule has 0 radical (unpaired) electrons. The van der Waals surface area contributed by atoms with Crippen molar-refractivity contribution >= 4 is 39.3 Å². The van der Waals surface area contributed by atoms with E-state index in [1.165, 1.54) is 15.9 Å². The summed E-state index contributed by atoms with van der Waals surface area (Å²) in [6.45, 7) is 7.53. The molecule has 10 heteroatoms. The molecule has 0 N–H and O–H groups in total. The third-order valence-corrected chi connectivity index (χ3v) is 6.66. The number of hydrogen-bond acceptors (Lipinski definition) is 8. The zero-order chi connectivity index (χ0) is 25.3. The molecule has 0 unspecified atom stereocenters. The fourth-order valence-corrected chi connectivity index (χ4v) is 5.19. The zero-order valence-electron chi connectivity index (χ0n) is 20.0. The molecule has 3 heterocycles. The zero-order valence-corrected chi connectivity index (χ0v) is 22.4. The lowest BCUT2D eigenvalue weighted by Gasteiger charge is -2.25. The summed E-state index contributed by atoms with van der Waals surface area (Å²) in [6, 6.07) is 8.14. The molecular formula is C25H25BrN2O6S. The Bertz CT molecular complexity index is 1480. The van der Waals surface area contributed by atoms with Crippen LogP contribution in [0.25, 0.3) is 6.08 Å². The van der Waals surface area contributed by atoms with Crippen LogP contribution in [0.1, 0.15) is 45.1 Å². The van der Waals surface area contributed by atoms with Gasteiger partial charge in [0.05, 0.1) is 41.7 Å². The molecule has 0 bridgehead atoms. The average Bonchev–Trinajstić information content (AvgIpc) is 3.35. The van der Waals surface area contributed by atoms with Crippen LogP contribution in [0.3, 0.4) is 0 Å². The first-order valence-electron chi connectivity index (χ1n) is 11.0. The van der Waals surface area contributed by atoms with Gasteiger partial charge in [-0.3, -0.25) is 9.36 Å². The van der Waals surface area contributed by atoms with E-state index in [9.17, 15) is 9.59 Å². The van der Waals surface area contributed by atoms with Gasteiger partial charge in [-0.2, -0.15) is 0 Å². The number of aromatic nitrogens is 1. The van der Waals surface area contributed by atoms with Crippen molar-refractivity contribution in [1.29, 1.82) is 0 Å². The minimum Gasteiger partial charge on any atom is -0.493 e. The van der Waals surface area contributed by atoms with Crippen molar-refractivity contribution in [3.8, 4) is 11.5 Å². The number of fused-ring (bicyclic) bond motifs is 1. The summed E-state index contributed by atoms with van der Waals surface area (Å²) in [7, 11) is 1.55. The van der Waals surface area contributed by atoms with Gasteiger partial charge in [-0.25, -0.2) is 9.79 Å². The second-order valence-electron chi connectivity index (χ2n) is 8.02. The SMILES string of the molecule is CCOC(=O)C1=C(C)N=c2s/c(=C\c3ccc(Br)o3)c(=O)n2[C@H]1c1ccc(OC(C)C)c(OC)c1. The van der Waals surface area contributed by atoms with Gasteiger partial charge in [0.15, 0.2) is 21.0 Å². The third-order valence-electron chi connectivity index (χ3n) is 5.25. The van der Waals surface area contributed by atoms with Gasteiger partial charge in [0.25, 0.3) is 5.56 Å². The Labute approximate surface area is 214 Å². The second-order valence-corrected chi connectivity index (χ2v) is 9.81. The van der Waals surface area contributed by atoms with Crippen molar-refractivity contribution in [3.05, 3.63) is 77.3 Å². The first-order chi connectivity index (χ1) is 16.7. The van der Waals surface area contributed by atoms with Crippen molar-refractivity contribution in [3.63, 3.8) is 0 Å². The largest absolute Gasteiger partial charge is 0.493 e. The van der Waals surface area contributed by atoms with Crippen LogP contribution in [0.2, 0.25) is 0 Å². The van der Waals surface area contributed by atoms with E-state index in [1.807, 2.05) is 19.9 Å². The summed E-state index contributed by atoms with van der Waals surface area (Å²) < 4.78 is 24.8. The Hall–Kier alpha value is -3.11. The van der Waals surface area contributed by atoms with Crippen LogP contribution >= 0.6 is 27.3 Å². The summed E-state index contributed by atoms with van der Waals surface area (Å²) in [5, 5.41) is 0. The maximum Gasteiger partial charge on any atom is 0.338 e. The third kappa shape index (κ3) is 4.99. The molecule has 184 valence electrons. The molecule has 2 aromatic heterocycles. The lowest BCUT2D eigenvalue weighted by molar-refractivity contribution is -0.139. The molecule has 1 atom stereocenters. The molecule has 1 aliphatic rings. The summed E-state index contributed by atoms with van der Waals surface area (Å²) in [5.74, 6) is 1.07. The fourth-order valence-electron chi connectivity index (χ4n) is 3.85. The minimum atomic E-state index is -0.752. The van der Waals surface area contributed by atoms with Crippen LogP contribution in [0.15, 0.2) is 60.5 Å². The molecule has 0 amide bonds. The van der Waals surface area contributed by atoms with E-state index in [0.29, 0.717) is 48.1 Å². The number of furan rings is 1. The maximum atomic E-state index is 13.6. The van der Waals surface area contributed by atoms with Crippen LogP contribution in [0.4, 0.5) is 0 Å². The molecule has 3 aromatic rings. The highest BCUT2D eigenvalue weighted by Crippen LogP contribution is 2.36. The smallest absolute Gasteiger partial charge is 0.338 e.